The number of carbonyl (C=O) groups is 1. The van der Waals surface area contributed by atoms with Gasteiger partial charge in [0.05, 0.1) is 6.04 Å². The zero-order chi connectivity index (χ0) is 13.7. The van der Waals surface area contributed by atoms with Gasteiger partial charge in [-0.2, -0.15) is 0 Å². The molecule has 1 aliphatic heterocycles. The van der Waals surface area contributed by atoms with Gasteiger partial charge in [0.1, 0.15) is 0 Å². The molecule has 1 heterocycles. The molecule has 1 aromatic carbocycles. The molecule has 1 fully saturated rings. The van der Waals surface area contributed by atoms with Gasteiger partial charge in [-0.3, -0.25) is 4.79 Å². The van der Waals surface area contributed by atoms with E-state index >= 15 is 0 Å². The van der Waals surface area contributed by atoms with Crippen molar-refractivity contribution in [2.45, 2.75) is 39.2 Å². The Morgan fingerprint density at radius 3 is 2.79 bits per heavy atom. The van der Waals surface area contributed by atoms with Crippen molar-refractivity contribution in [2.24, 2.45) is 5.92 Å². The first kappa shape index (κ1) is 14.1. The van der Waals surface area contributed by atoms with E-state index < -0.39 is 0 Å². The van der Waals surface area contributed by atoms with Gasteiger partial charge in [-0.05, 0) is 51.3 Å². The molecule has 1 amide bonds. The molecule has 0 bridgehead atoms. The van der Waals surface area contributed by atoms with E-state index in [1.807, 2.05) is 6.92 Å². The second kappa shape index (κ2) is 6.71. The average molecular weight is 260 g/mol. The van der Waals surface area contributed by atoms with E-state index in [4.69, 9.17) is 0 Å². The Kier molecular flexibility index (Phi) is 4.97. The molecule has 19 heavy (non-hydrogen) atoms. The van der Waals surface area contributed by atoms with Gasteiger partial charge in [-0.25, -0.2) is 0 Å². The zero-order valence-corrected chi connectivity index (χ0v) is 11.9. The number of hydrogen-bond acceptors (Lipinski definition) is 2. The highest BCUT2D eigenvalue weighted by Crippen LogP contribution is 2.16. The molecule has 3 heteroatoms. The van der Waals surface area contributed by atoms with Crippen LogP contribution < -0.4 is 10.6 Å². The Morgan fingerprint density at radius 2 is 2.16 bits per heavy atom. The van der Waals surface area contributed by atoms with Crippen molar-refractivity contribution in [3.05, 3.63) is 35.4 Å². The van der Waals surface area contributed by atoms with Crippen LogP contribution in [0.1, 0.15) is 43.4 Å². The van der Waals surface area contributed by atoms with Gasteiger partial charge in [-0.15, -0.1) is 0 Å². The molecular formula is C16H24N2O. The van der Waals surface area contributed by atoms with E-state index in [2.05, 4.69) is 41.8 Å². The van der Waals surface area contributed by atoms with Crippen molar-refractivity contribution in [1.82, 2.24) is 10.6 Å². The minimum absolute atomic E-state index is 0.0924. The van der Waals surface area contributed by atoms with Crippen LogP contribution in [-0.2, 0) is 4.79 Å². The van der Waals surface area contributed by atoms with Crippen molar-refractivity contribution < 1.29 is 4.79 Å². The summed E-state index contributed by atoms with van der Waals surface area (Å²) in [6.45, 7) is 6.29. The highest BCUT2D eigenvalue weighted by Gasteiger charge is 2.16. The van der Waals surface area contributed by atoms with Gasteiger partial charge >= 0.3 is 0 Å². The number of hydrogen-bond donors (Lipinski definition) is 2. The van der Waals surface area contributed by atoms with Crippen LogP contribution in [-0.4, -0.2) is 19.0 Å². The monoisotopic (exact) mass is 260 g/mol. The first-order valence-corrected chi connectivity index (χ1v) is 7.22. The quantitative estimate of drug-likeness (QED) is 0.854. The number of amides is 1. The fourth-order valence-electron chi connectivity index (χ4n) is 2.55. The predicted octanol–water partition coefficient (Wildman–Crippen LogP) is 2.56. The van der Waals surface area contributed by atoms with Crippen molar-refractivity contribution in [3.8, 4) is 0 Å². The van der Waals surface area contributed by atoms with Gasteiger partial charge in [-0.1, -0.05) is 29.8 Å². The summed E-state index contributed by atoms with van der Waals surface area (Å²) in [5.74, 6) is 0.848. The lowest BCUT2D eigenvalue weighted by Crippen LogP contribution is -2.27. The smallest absolute Gasteiger partial charge is 0.220 e. The molecule has 3 nitrogen and oxygen atoms in total. The number of carbonyl (C=O) groups excluding carboxylic acids is 1. The maximum Gasteiger partial charge on any atom is 0.220 e. The Labute approximate surface area is 115 Å². The Hall–Kier alpha value is -1.35. The Morgan fingerprint density at radius 1 is 1.42 bits per heavy atom. The maximum absolute atomic E-state index is 11.9. The second-order valence-electron chi connectivity index (χ2n) is 5.60. The van der Waals surface area contributed by atoms with Crippen LogP contribution in [0.25, 0.3) is 0 Å². The molecule has 1 aromatic rings. The number of rotatable bonds is 5. The summed E-state index contributed by atoms with van der Waals surface area (Å²) in [6, 6.07) is 8.43. The Bertz CT molecular complexity index is 407. The summed E-state index contributed by atoms with van der Waals surface area (Å²) in [5.41, 5.74) is 2.41. The topological polar surface area (TPSA) is 41.1 Å². The Balaban J connectivity index is 1.76. The molecule has 0 spiro atoms. The third kappa shape index (κ3) is 4.35. The molecule has 104 valence electrons. The standard InChI is InChI=1S/C16H24N2O/c1-12-3-6-15(7-4-12)13(2)18-16(19)8-5-14-9-10-17-11-14/h3-4,6-7,13-14,17H,5,8-11H2,1-2H3,(H,18,19). The van der Waals surface area contributed by atoms with E-state index in [9.17, 15) is 4.79 Å². The number of nitrogens with one attached hydrogen (secondary N) is 2. The van der Waals surface area contributed by atoms with Crippen LogP contribution in [0.3, 0.4) is 0 Å². The molecular weight excluding hydrogens is 236 g/mol. The molecule has 2 atom stereocenters. The van der Waals surface area contributed by atoms with E-state index in [1.165, 1.54) is 17.5 Å². The van der Waals surface area contributed by atoms with Gasteiger partial charge in [0.15, 0.2) is 0 Å². The lowest BCUT2D eigenvalue weighted by atomic mass is 10.0. The molecule has 0 aromatic heterocycles. The summed E-state index contributed by atoms with van der Waals surface area (Å²) in [4.78, 5) is 11.9. The fourth-order valence-corrected chi connectivity index (χ4v) is 2.55. The van der Waals surface area contributed by atoms with E-state index in [0.29, 0.717) is 12.3 Å². The molecule has 2 rings (SSSR count). The number of benzene rings is 1. The third-order valence-corrected chi connectivity index (χ3v) is 3.90. The van der Waals surface area contributed by atoms with Crippen LogP contribution in [0.2, 0.25) is 0 Å². The highest BCUT2D eigenvalue weighted by atomic mass is 16.1. The van der Waals surface area contributed by atoms with Crippen LogP contribution >= 0.6 is 0 Å². The summed E-state index contributed by atoms with van der Waals surface area (Å²) in [7, 11) is 0. The van der Waals surface area contributed by atoms with Gasteiger partial charge in [0.25, 0.3) is 0 Å². The van der Waals surface area contributed by atoms with Crippen molar-refractivity contribution >= 4 is 5.91 Å². The average Bonchev–Trinajstić information content (AvgIpc) is 2.90. The summed E-state index contributed by atoms with van der Waals surface area (Å²) in [5, 5.41) is 6.42. The van der Waals surface area contributed by atoms with Crippen molar-refractivity contribution in [2.75, 3.05) is 13.1 Å². The summed E-state index contributed by atoms with van der Waals surface area (Å²) in [6.07, 6.45) is 2.85. The van der Waals surface area contributed by atoms with Crippen molar-refractivity contribution in [3.63, 3.8) is 0 Å². The SMILES string of the molecule is Cc1ccc(C(C)NC(=O)CCC2CCNC2)cc1. The number of aryl methyl sites for hydroxylation is 1. The van der Waals surface area contributed by atoms with Crippen LogP contribution in [0.5, 0.6) is 0 Å². The van der Waals surface area contributed by atoms with Gasteiger partial charge in [0.2, 0.25) is 5.91 Å². The fraction of sp³-hybridized carbons (Fsp3) is 0.562. The van der Waals surface area contributed by atoms with E-state index in [0.717, 1.165) is 19.5 Å². The normalized spacial score (nSPS) is 20.2. The molecule has 0 saturated carbocycles. The molecule has 1 saturated heterocycles. The summed E-state index contributed by atoms with van der Waals surface area (Å²) >= 11 is 0. The lowest BCUT2D eigenvalue weighted by Gasteiger charge is -2.15. The minimum atomic E-state index is 0.0924. The maximum atomic E-state index is 11.9. The first-order valence-electron chi connectivity index (χ1n) is 7.22. The summed E-state index contributed by atoms with van der Waals surface area (Å²) < 4.78 is 0. The molecule has 0 radical (unpaired) electrons. The second-order valence-corrected chi connectivity index (χ2v) is 5.60. The first-order chi connectivity index (χ1) is 9.15. The molecule has 2 unspecified atom stereocenters. The van der Waals surface area contributed by atoms with Crippen molar-refractivity contribution in [1.29, 1.82) is 0 Å². The predicted molar refractivity (Wildman–Crippen MR) is 77.9 cm³/mol. The van der Waals surface area contributed by atoms with E-state index in [1.54, 1.807) is 0 Å². The molecule has 1 aliphatic rings. The highest BCUT2D eigenvalue weighted by molar-refractivity contribution is 5.76. The zero-order valence-electron chi connectivity index (χ0n) is 11.9. The minimum Gasteiger partial charge on any atom is -0.350 e. The largest absolute Gasteiger partial charge is 0.350 e. The van der Waals surface area contributed by atoms with Gasteiger partial charge in [0, 0.05) is 6.42 Å². The molecule has 0 aliphatic carbocycles. The van der Waals surface area contributed by atoms with Crippen LogP contribution in [0.15, 0.2) is 24.3 Å². The van der Waals surface area contributed by atoms with Crippen LogP contribution in [0, 0.1) is 12.8 Å². The van der Waals surface area contributed by atoms with Gasteiger partial charge < -0.3 is 10.6 Å². The van der Waals surface area contributed by atoms with E-state index in [-0.39, 0.29) is 11.9 Å². The third-order valence-electron chi connectivity index (χ3n) is 3.90. The molecule has 2 N–H and O–H groups in total. The lowest BCUT2D eigenvalue weighted by molar-refractivity contribution is -0.122. The van der Waals surface area contributed by atoms with Crippen LogP contribution in [0.4, 0.5) is 0 Å².